The molecule has 1 aromatic carbocycles. The van der Waals surface area contributed by atoms with Crippen LogP contribution in [0.4, 0.5) is 24.5 Å². The Morgan fingerprint density at radius 3 is 2.47 bits per heavy atom. The summed E-state index contributed by atoms with van der Waals surface area (Å²) in [5.41, 5.74) is -1.28. The Morgan fingerprint density at radius 1 is 1.41 bits per heavy atom. The first kappa shape index (κ1) is 13.7. The Kier molecular flexibility index (Phi) is 3.94. The van der Waals surface area contributed by atoms with Crippen LogP contribution in [0.15, 0.2) is 23.2 Å². The summed E-state index contributed by atoms with van der Waals surface area (Å²) in [4.78, 5) is 12.6. The average Bonchev–Trinajstić information content (AvgIpc) is 2.18. The van der Waals surface area contributed by atoms with Crippen molar-refractivity contribution in [3.05, 3.63) is 33.3 Å². The first-order valence-corrected chi connectivity index (χ1v) is 4.73. The van der Waals surface area contributed by atoms with Gasteiger partial charge in [-0.3, -0.25) is 10.1 Å². The molecule has 0 heterocycles. The van der Waals surface area contributed by atoms with Crippen molar-refractivity contribution in [3.63, 3.8) is 0 Å². The monoisotopic (exact) mass is 286 g/mol. The van der Waals surface area contributed by atoms with Gasteiger partial charge in [-0.2, -0.15) is 13.2 Å². The number of nitro groups is 1. The van der Waals surface area contributed by atoms with Gasteiger partial charge in [-0.15, -0.1) is 0 Å². The molecule has 0 aromatic heterocycles. The van der Waals surface area contributed by atoms with E-state index >= 15 is 0 Å². The number of halogens is 5. The molecule has 17 heavy (non-hydrogen) atoms. The van der Waals surface area contributed by atoms with Crippen LogP contribution < -0.4 is 0 Å². The second-order valence-corrected chi connectivity index (χ2v) is 3.53. The Labute approximate surface area is 103 Å². The molecule has 0 radical (unpaired) electrons. The van der Waals surface area contributed by atoms with Gasteiger partial charge in [-0.25, -0.2) is 4.99 Å². The first-order chi connectivity index (χ1) is 7.73. The highest BCUT2D eigenvalue weighted by molar-refractivity contribution is 6.67. The van der Waals surface area contributed by atoms with Crippen molar-refractivity contribution < 1.29 is 18.1 Å². The molecule has 92 valence electrons. The zero-order chi connectivity index (χ0) is 13.2. The topological polar surface area (TPSA) is 55.5 Å². The molecule has 0 spiro atoms. The van der Waals surface area contributed by atoms with Gasteiger partial charge in [0.05, 0.1) is 9.95 Å². The zero-order valence-corrected chi connectivity index (χ0v) is 9.34. The summed E-state index contributed by atoms with van der Waals surface area (Å²) in [6.45, 7) is 0. The Balaban J connectivity index is 3.36. The van der Waals surface area contributed by atoms with Crippen molar-refractivity contribution in [2.75, 3.05) is 0 Å². The van der Waals surface area contributed by atoms with E-state index in [4.69, 9.17) is 23.2 Å². The van der Waals surface area contributed by atoms with Gasteiger partial charge in [0.25, 0.3) is 5.69 Å². The number of rotatable bonds is 2. The van der Waals surface area contributed by atoms with Crippen LogP contribution in [-0.2, 0) is 0 Å². The van der Waals surface area contributed by atoms with E-state index in [0.29, 0.717) is 0 Å². The van der Waals surface area contributed by atoms with E-state index in [1.807, 2.05) is 0 Å². The third kappa shape index (κ3) is 3.31. The molecule has 4 nitrogen and oxygen atoms in total. The maximum absolute atomic E-state index is 12.1. The minimum atomic E-state index is -4.88. The van der Waals surface area contributed by atoms with Crippen molar-refractivity contribution in [1.29, 1.82) is 0 Å². The molecule has 1 aromatic rings. The molecule has 0 aliphatic rings. The van der Waals surface area contributed by atoms with Crippen molar-refractivity contribution in [1.82, 2.24) is 0 Å². The zero-order valence-electron chi connectivity index (χ0n) is 7.83. The van der Waals surface area contributed by atoms with E-state index in [1.165, 1.54) is 12.1 Å². The molecule has 0 aliphatic heterocycles. The van der Waals surface area contributed by atoms with Crippen molar-refractivity contribution >= 4 is 39.7 Å². The second-order valence-electron chi connectivity index (χ2n) is 2.77. The lowest BCUT2D eigenvalue weighted by Crippen LogP contribution is -2.16. The fraction of sp³-hybridized carbons (Fsp3) is 0.125. The number of benzene rings is 1. The number of nitro benzene ring substituents is 1. The normalized spacial score (nSPS) is 12.6. The molecule has 1 rings (SSSR count). The summed E-state index contributed by atoms with van der Waals surface area (Å²) in [6.07, 6.45) is -4.88. The highest BCUT2D eigenvalue weighted by atomic mass is 35.5. The lowest BCUT2D eigenvalue weighted by atomic mass is 10.3. The molecular weight excluding hydrogens is 284 g/mol. The highest BCUT2D eigenvalue weighted by Crippen LogP contribution is 2.36. The maximum Gasteiger partial charge on any atom is 0.444 e. The fourth-order valence-corrected chi connectivity index (χ4v) is 1.22. The lowest BCUT2D eigenvalue weighted by Gasteiger charge is -2.04. The summed E-state index contributed by atoms with van der Waals surface area (Å²) in [5, 5.41) is 8.54. The van der Waals surface area contributed by atoms with Crippen LogP contribution in [-0.4, -0.2) is 16.3 Å². The Morgan fingerprint density at radius 2 is 2.00 bits per heavy atom. The van der Waals surface area contributed by atoms with Crippen LogP contribution in [0, 0.1) is 10.1 Å². The van der Waals surface area contributed by atoms with Crippen molar-refractivity contribution in [2.24, 2.45) is 4.99 Å². The van der Waals surface area contributed by atoms with E-state index in [9.17, 15) is 23.3 Å². The number of nitrogens with zero attached hydrogens (tertiary/aromatic N) is 2. The number of alkyl halides is 3. The molecular formula is C8H3Cl2F3N2O2. The van der Waals surface area contributed by atoms with Gasteiger partial charge in [0.2, 0.25) is 5.17 Å². The maximum atomic E-state index is 12.1. The van der Waals surface area contributed by atoms with Crippen LogP contribution in [0.2, 0.25) is 5.02 Å². The molecule has 0 saturated heterocycles. The molecule has 0 bridgehead atoms. The Hall–Kier alpha value is -1.34. The van der Waals surface area contributed by atoms with Crippen molar-refractivity contribution in [3.8, 4) is 0 Å². The third-order valence-electron chi connectivity index (χ3n) is 1.61. The quantitative estimate of drug-likeness (QED) is 0.467. The van der Waals surface area contributed by atoms with E-state index in [1.54, 1.807) is 0 Å². The summed E-state index contributed by atoms with van der Waals surface area (Å²) in [5.74, 6) is 0. The van der Waals surface area contributed by atoms with Crippen LogP contribution in [0.1, 0.15) is 0 Å². The van der Waals surface area contributed by atoms with Crippen LogP contribution in [0.3, 0.4) is 0 Å². The lowest BCUT2D eigenvalue weighted by molar-refractivity contribution is -0.384. The predicted octanol–water partition coefficient (Wildman–Crippen LogP) is 4.08. The molecule has 0 amide bonds. The van der Waals surface area contributed by atoms with Crippen LogP contribution >= 0.6 is 23.2 Å². The van der Waals surface area contributed by atoms with Gasteiger partial charge < -0.3 is 0 Å². The number of para-hydroxylation sites is 1. The summed E-state index contributed by atoms with van der Waals surface area (Å²) < 4.78 is 36.4. The smallest absolute Gasteiger partial charge is 0.258 e. The van der Waals surface area contributed by atoms with Crippen LogP contribution in [0.5, 0.6) is 0 Å². The molecule has 0 N–H and O–H groups in total. The predicted molar refractivity (Wildman–Crippen MR) is 57.1 cm³/mol. The van der Waals surface area contributed by atoms with Gasteiger partial charge in [0.1, 0.15) is 0 Å². The molecule has 0 aliphatic carbocycles. The minimum Gasteiger partial charge on any atom is -0.258 e. The molecule has 0 unspecified atom stereocenters. The van der Waals surface area contributed by atoms with E-state index in [-0.39, 0.29) is 5.02 Å². The number of hydrogen-bond acceptors (Lipinski definition) is 3. The average molecular weight is 287 g/mol. The van der Waals surface area contributed by atoms with Crippen molar-refractivity contribution in [2.45, 2.75) is 6.18 Å². The molecule has 0 fully saturated rings. The van der Waals surface area contributed by atoms with Gasteiger partial charge in [0, 0.05) is 6.07 Å². The minimum absolute atomic E-state index is 0.290. The number of aliphatic imine (C=N–C) groups is 1. The van der Waals surface area contributed by atoms with Gasteiger partial charge in [0.15, 0.2) is 5.69 Å². The van der Waals surface area contributed by atoms with Crippen LogP contribution in [0.25, 0.3) is 0 Å². The van der Waals surface area contributed by atoms with Gasteiger partial charge >= 0.3 is 6.18 Å². The van der Waals surface area contributed by atoms with E-state index < -0.39 is 27.6 Å². The first-order valence-electron chi connectivity index (χ1n) is 3.97. The largest absolute Gasteiger partial charge is 0.444 e. The third-order valence-corrected chi connectivity index (χ3v) is 2.21. The van der Waals surface area contributed by atoms with E-state index in [2.05, 4.69) is 4.99 Å². The molecule has 9 heteroatoms. The molecule has 0 atom stereocenters. The number of hydrogen-bond donors (Lipinski definition) is 0. The second kappa shape index (κ2) is 4.89. The highest BCUT2D eigenvalue weighted by Gasteiger charge is 2.35. The van der Waals surface area contributed by atoms with E-state index in [0.717, 1.165) is 6.07 Å². The summed E-state index contributed by atoms with van der Waals surface area (Å²) in [7, 11) is 0. The van der Waals surface area contributed by atoms with Gasteiger partial charge in [-0.1, -0.05) is 29.3 Å². The van der Waals surface area contributed by atoms with Gasteiger partial charge in [-0.05, 0) is 6.07 Å². The summed E-state index contributed by atoms with van der Waals surface area (Å²) >= 11 is 10.4. The molecule has 0 saturated carbocycles. The summed E-state index contributed by atoms with van der Waals surface area (Å²) in [6, 6.07) is 3.38. The fourth-order valence-electron chi connectivity index (χ4n) is 0.924. The SMILES string of the molecule is O=[N+]([O-])c1cccc(Cl)c1N=C(Cl)C(F)(F)F. The Bertz CT molecular complexity index is 488. The standard InChI is InChI=1S/C8H3Cl2F3N2O2/c9-4-2-1-3-5(15(16)17)6(4)14-7(10)8(11,12)13/h1-3H.